The van der Waals surface area contributed by atoms with Gasteiger partial charge in [0.15, 0.2) is 0 Å². The van der Waals surface area contributed by atoms with E-state index in [-0.39, 0.29) is 0 Å². The maximum atomic E-state index is 2.67. The number of hydrogen-bond donors (Lipinski definition) is 0. The van der Waals surface area contributed by atoms with Crippen molar-refractivity contribution < 1.29 is 0 Å². The van der Waals surface area contributed by atoms with Crippen molar-refractivity contribution >= 4 is 0 Å². The van der Waals surface area contributed by atoms with Gasteiger partial charge in [0.1, 0.15) is 0 Å². The fraction of sp³-hybridized carbons (Fsp3) is 0.867. The second-order valence-electron chi connectivity index (χ2n) is 4.95. The lowest BCUT2D eigenvalue weighted by molar-refractivity contribution is 0.493. The second kappa shape index (κ2) is 7.11. The molecule has 0 saturated carbocycles. The number of nitrogens with zero attached hydrogens (tertiary/aromatic N) is 1. The molecule has 0 aromatic carbocycles. The molecule has 94 valence electrons. The highest BCUT2D eigenvalue weighted by atomic mass is 15.3. The Hall–Kier alpha value is -0.300. The van der Waals surface area contributed by atoms with Crippen molar-refractivity contribution in [2.45, 2.75) is 78.3 Å². The maximum absolute atomic E-state index is 2.67. The van der Waals surface area contributed by atoms with E-state index >= 15 is 0 Å². The number of hydrogen-bond acceptors (Lipinski definition) is 1. The zero-order valence-corrected chi connectivity index (χ0v) is 11.6. The average molecular weight is 223 g/mol. The zero-order chi connectivity index (χ0) is 12.0. The zero-order valence-electron chi connectivity index (χ0n) is 11.6. The van der Waals surface area contributed by atoms with E-state index in [1.807, 2.05) is 0 Å². The number of rotatable bonds is 8. The lowest BCUT2D eigenvalue weighted by atomic mass is 10.0. The van der Waals surface area contributed by atoms with E-state index in [1.54, 1.807) is 5.57 Å². The molecule has 0 amide bonds. The Morgan fingerprint density at radius 2 is 1.81 bits per heavy atom. The molecule has 3 unspecified atom stereocenters. The summed E-state index contributed by atoms with van der Waals surface area (Å²) in [6, 6.07) is 1.67. The van der Waals surface area contributed by atoms with Crippen LogP contribution in [-0.4, -0.2) is 23.5 Å². The topological polar surface area (TPSA) is 3.01 Å². The van der Waals surface area contributed by atoms with Gasteiger partial charge < -0.3 is 0 Å². The third-order valence-corrected chi connectivity index (χ3v) is 3.85. The van der Waals surface area contributed by atoms with Gasteiger partial charge >= 0.3 is 0 Å². The summed E-state index contributed by atoms with van der Waals surface area (Å²) < 4.78 is 0. The van der Waals surface area contributed by atoms with E-state index in [1.165, 1.54) is 45.1 Å². The molecule has 0 N–H and O–H groups in total. The highest BCUT2D eigenvalue weighted by Crippen LogP contribution is 2.38. The van der Waals surface area contributed by atoms with Crippen LogP contribution >= 0.6 is 0 Å². The quantitative estimate of drug-likeness (QED) is 0.436. The fourth-order valence-electron chi connectivity index (χ4n) is 2.80. The summed E-state index contributed by atoms with van der Waals surface area (Å²) in [5.41, 5.74) is 1.70. The van der Waals surface area contributed by atoms with Crippen LogP contribution in [0.3, 0.4) is 0 Å². The van der Waals surface area contributed by atoms with Gasteiger partial charge in [0, 0.05) is 12.1 Å². The first-order chi connectivity index (χ1) is 7.79. The molecule has 0 aromatic heterocycles. The molecule has 1 nitrogen and oxygen atoms in total. The molecule has 0 aromatic rings. The van der Waals surface area contributed by atoms with Crippen LogP contribution in [0.2, 0.25) is 0 Å². The van der Waals surface area contributed by atoms with Gasteiger partial charge in [0.25, 0.3) is 0 Å². The molecular weight excluding hydrogens is 194 g/mol. The molecule has 16 heavy (non-hydrogen) atoms. The van der Waals surface area contributed by atoms with Crippen LogP contribution in [0.5, 0.6) is 0 Å². The number of likely N-dealkylation sites (N-methyl/N-ethyl adjacent to an activating group) is 1. The SMILES string of the molecule is C/C=C(\CCCC)C1C(CCCC)N1CC. The predicted octanol–water partition coefficient (Wildman–Crippen LogP) is 4.39. The Morgan fingerprint density at radius 1 is 1.12 bits per heavy atom. The van der Waals surface area contributed by atoms with E-state index in [9.17, 15) is 0 Å². The smallest absolute Gasteiger partial charge is 0.0467 e. The molecule has 0 aliphatic carbocycles. The normalized spacial score (nSPS) is 29.5. The average Bonchev–Trinajstić information content (AvgIpc) is 3.01. The third kappa shape index (κ3) is 3.35. The summed E-state index contributed by atoms with van der Waals surface area (Å²) in [5, 5.41) is 0. The minimum absolute atomic E-state index is 0.799. The molecule has 3 atom stereocenters. The van der Waals surface area contributed by atoms with Crippen molar-refractivity contribution in [2.75, 3.05) is 6.54 Å². The lowest BCUT2D eigenvalue weighted by Crippen LogP contribution is -2.03. The van der Waals surface area contributed by atoms with Crippen molar-refractivity contribution in [3.8, 4) is 0 Å². The summed E-state index contributed by atoms with van der Waals surface area (Å²) in [6.07, 6.45) is 10.5. The van der Waals surface area contributed by atoms with Gasteiger partial charge in [-0.05, 0) is 32.7 Å². The monoisotopic (exact) mass is 223 g/mol. The van der Waals surface area contributed by atoms with E-state index in [0.29, 0.717) is 0 Å². The first-order valence-corrected chi connectivity index (χ1v) is 7.20. The molecule has 1 rings (SSSR count). The van der Waals surface area contributed by atoms with Gasteiger partial charge in [0.05, 0.1) is 0 Å². The van der Waals surface area contributed by atoms with Crippen molar-refractivity contribution in [2.24, 2.45) is 0 Å². The Labute approximate surface area is 102 Å². The summed E-state index contributed by atoms with van der Waals surface area (Å²) in [4.78, 5) is 2.67. The van der Waals surface area contributed by atoms with E-state index in [0.717, 1.165) is 12.1 Å². The van der Waals surface area contributed by atoms with E-state index in [4.69, 9.17) is 0 Å². The summed E-state index contributed by atoms with van der Waals surface area (Å²) in [7, 11) is 0. The van der Waals surface area contributed by atoms with Crippen molar-refractivity contribution in [3.63, 3.8) is 0 Å². The Morgan fingerprint density at radius 3 is 2.31 bits per heavy atom. The molecule has 1 heterocycles. The highest BCUT2D eigenvalue weighted by molar-refractivity contribution is 5.23. The van der Waals surface area contributed by atoms with Gasteiger partial charge in [-0.15, -0.1) is 0 Å². The van der Waals surface area contributed by atoms with Gasteiger partial charge in [-0.25, -0.2) is 0 Å². The van der Waals surface area contributed by atoms with Gasteiger partial charge in [-0.3, -0.25) is 4.90 Å². The maximum Gasteiger partial charge on any atom is 0.0467 e. The van der Waals surface area contributed by atoms with Gasteiger partial charge in [0.2, 0.25) is 0 Å². The Kier molecular flexibility index (Phi) is 6.12. The summed E-state index contributed by atoms with van der Waals surface area (Å²) in [6.45, 7) is 10.3. The highest BCUT2D eigenvalue weighted by Gasteiger charge is 2.46. The predicted molar refractivity (Wildman–Crippen MR) is 72.8 cm³/mol. The minimum Gasteiger partial charge on any atom is -0.291 e. The fourth-order valence-corrected chi connectivity index (χ4v) is 2.80. The van der Waals surface area contributed by atoms with Crippen LogP contribution < -0.4 is 0 Å². The van der Waals surface area contributed by atoms with E-state index in [2.05, 4.69) is 38.7 Å². The largest absolute Gasteiger partial charge is 0.291 e. The van der Waals surface area contributed by atoms with E-state index < -0.39 is 0 Å². The molecule has 1 saturated heterocycles. The lowest BCUT2D eigenvalue weighted by Gasteiger charge is -2.05. The summed E-state index contributed by atoms with van der Waals surface area (Å²) in [5.74, 6) is 0. The van der Waals surface area contributed by atoms with Crippen LogP contribution in [0, 0.1) is 0 Å². The standard InChI is InChI=1S/C15H29N/c1-5-9-11-13(7-3)15-14(12-10-6-2)16(15)8-4/h7,14-15H,5-6,8-12H2,1-4H3/b13-7+. The molecular formula is C15H29N. The van der Waals surface area contributed by atoms with Crippen molar-refractivity contribution in [3.05, 3.63) is 11.6 Å². The van der Waals surface area contributed by atoms with Gasteiger partial charge in [-0.2, -0.15) is 0 Å². The Bertz CT molecular complexity index is 219. The molecule has 0 bridgehead atoms. The van der Waals surface area contributed by atoms with Crippen LogP contribution in [0.1, 0.15) is 66.2 Å². The first kappa shape index (κ1) is 13.8. The summed E-state index contributed by atoms with van der Waals surface area (Å²) >= 11 is 0. The molecule has 1 fully saturated rings. The minimum atomic E-state index is 0.799. The molecule has 1 aliphatic heterocycles. The molecule has 0 radical (unpaired) electrons. The third-order valence-electron chi connectivity index (χ3n) is 3.85. The van der Waals surface area contributed by atoms with Gasteiger partial charge in [-0.1, -0.05) is 51.7 Å². The van der Waals surface area contributed by atoms with Crippen molar-refractivity contribution in [1.82, 2.24) is 4.90 Å². The first-order valence-electron chi connectivity index (χ1n) is 7.20. The molecule has 0 spiro atoms. The van der Waals surface area contributed by atoms with Crippen LogP contribution in [-0.2, 0) is 0 Å². The van der Waals surface area contributed by atoms with Crippen LogP contribution in [0.25, 0.3) is 0 Å². The number of unbranched alkanes of at least 4 members (excludes halogenated alkanes) is 2. The molecule has 1 heteroatoms. The Balaban J connectivity index is 2.45. The molecule has 1 aliphatic rings. The second-order valence-corrected chi connectivity index (χ2v) is 4.95. The number of allylic oxidation sites excluding steroid dienone is 1. The van der Waals surface area contributed by atoms with Crippen LogP contribution in [0.4, 0.5) is 0 Å². The van der Waals surface area contributed by atoms with Crippen LogP contribution in [0.15, 0.2) is 11.6 Å². The van der Waals surface area contributed by atoms with Crippen molar-refractivity contribution in [1.29, 1.82) is 0 Å².